The van der Waals surface area contributed by atoms with Crippen LogP contribution in [-0.4, -0.2) is 30.9 Å². The number of anilines is 1. The Morgan fingerprint density at radius 1 is 0.947 bits per heavy atom. The van der Waals surface area contributed by atoms with E-state index in [1.807, 2.05) is 19.1 Å². The molecule has 0 saturated heterocycles. The van der Waals surface area contributed by atoms with Gasteiger partial charge in [-0.25, -0.2) is 0 Å². The van der Waals surface area contributed by atoms with Crippen LogP contribution in [0.2, 0.25) is 0 Å². The van der Waals surface area contributed by atoms with Crippen molar-refractivity contribution in [2.45, 2.75) is 13.0 Å². The van der Waals surface area contributed by atoms with Gasteiger partial charge in [0.1, 0.15) is 25.1 Å². The number of nitrogen functional groups attached to an aromatic ring is 1. The second-order valence-corrected chi connectivity index (χ2v) is 8.23. The van der Waals surface area contributed by atoms with Gasteiger partial charge >= 0.3 is 0 Å². The Labute approximate surface area is 221 Å². The molecule has 38 heavy (non-hydrogen) atoms. The molecular weight excluding hydrogens is 482 g/mol. The molecule has 0 aromatic heterocycles. The zero-order chi connectivity index (χ0) is 27.5. The van der Waals surface area contributed by atoms with Gasteiger partial charge < -0.3 is 20.5 Å². The molecule has 9 nitrogen and oxygen atoms in total. The number of nitrogens with one attached hydrogen (secondary N) is 4. The minimum Gasteiger partial charge on any atom is -0.486 e. The van der Waals surface area contributed by atoms with Gasteiger partial charge in [0.25, 0.3) is 11.8 Å². The molecule has 0 radical (unpaired) electrons. The molecular formula is C29H31N5O4. The maximum atomic E-state index is 13.4. The predicted octanol–water partition coefficient (Wildman–Crippen LogP) is 4.02. The molecule has 0 heterocycles. The summed E-state index contributed by atoms with van der Waals surface area (Å²) in [5.74, 6) is -0.127. The Kier molecular flexibility index (Phi) is 9.65. The summed E-state index contributed by atoms with van der Waals surface area (Å²) in [5, 5.41) is 10.8. The number of amides is 2. The molecule has 0 aliphatic carbocycles. The number of nitrogens with two attached hydrogens (primary N) is 1. The van der Waals surface area contributed by atoms with Crippen molar-refractivity contribution in [3.05, 3.63) is 114 Å². The summed E-state index contributed by atoms with van der Waals surface area (Å²) < 4.78 is 11.5. The number of hydrazine groups is 1. The minimum atomic E-state index is -0.935. The first kappa shape index (κ1) is 27.5. The summed E-state index contributed by atoms with van der Waals surface area (Å²) >= 11 is 0. The standard InChI is InChI=1S/C29H31N5O4/c1-4-16-37-24-15-12-21(18-25(24)38-17-5-2)26(32-22-13-10-20(11-14-22)27(30)31)29(36)34-33-28(35)23-9-7-6-8-19(23)3/h4-15,18,26,32H,1-2,16-17H2,3H3,(H3,30,31)(H,33,35)(H,34,36). The topological polar surface area (TPSA) is 139 Å². The van der Waals surface area contributed by atoms with Crippen LogP contribution in [0.4, 0.5) is 5.69 Å². The number of hydrogen-bond donors (Lipinski definition) is 5. The van der Waals surface area contributed by atoms with E-state index in [1.165, 1.54) is 0 Å². The molecule has 6 N–H and O–H groups in total. The number of carbonyl (C=O) groups is 2. The van der Waals surface area contributed by atoms with Crippen molar-refractivity contribution in [2.75, 3.05) is 18.5 Å². The maximum absolute atomic E-state index is 13.4. The van der Waals surface area contributed by atoms with Gasteiger partial charge in [-0.2, -0.15) is 0 Å². The summed E-state index contributed by atoms with van der Waals surface area (Å²) in [4.78, 5) is 26.1. The summed E-state index contributed by atoms with van der Waals surface area (Å²) in [6.45, 7) is 9.66. The minimum absolute atomic E-state index is 0.0658. The van der Waals surface area contributed by atoms with Crippen molar-refractivity contribution in [1.82, 2.24) is 10.9 Å². The van der Waals surface area contributed by atoms with E-state index in [0.717, 1.165) is 5.56 Å². The Hall–Kier alpha value is -5.05. The molecule has 3 aromatic carbocycles. The smallest absolute Gasteiger partial charge is 0.269 e. The van der Waals surface area contributed by atoms with Crippen LogP contribution >= 0.6 is 0 Å². The van der Waals surface area contributed by atoms with Crippen LogP contribution in [0.1, 0.15) is 33.1 Å². The highest BCUT2D eigenvalue weighted by Crippen LogP contribution is 2.32. The fourth-order valence-corrected chi connectivity index (χ4v) is 3.53. The van der Waals surface area contributed by atoms with Crippen molar-refractivity contribution in [2.24, 2.45) is 5.73 Å². The Balaban J connectivity index is 1.90. The molecule has 196 valence electrons. The third-order valence-electron chi connectivity index (χ3n) is 5.47. The highest BCUT2D eigenvalue weighted by molar-refractivity contribution is 5.97. The molecule has 1 atom stereocenters. The Morgan fingerprint density at radius 2 is 1.61 bits per heavy atom. The van der Waals surface area contributed by atoms with Gasteiger partial charge in [0.05, 0.1) is 0 Å². The number of hydrogen-bond acceptors (Lipinski definition) is 6. The van der Waals surface area contributed by atoms with Crippen molar-refractivity contribution < 1.29 is 19.1 Å². The van der Waals surface area contributed by atoms with Crippen LogP contribution in [0.15, 0.2) is 92.0 Å². The lowest BCUT2D eigenvalue weighted by molar-refractivity contribution is -0.122. The summed E-state index contributed by atoms with van der Waals surface area (Å²) in [6.07, 6.45) is 3.22. The van der Waals surface area contributed by atoms with Crippen LogP contribution in [0.5, 0.6) is 11.5 Å². The van der Waals surface area contributed by atoms with Gasteiger partial charge in [-0.05, 0) is 60.5 Å². The number of ether oxygens (including phenoxy) is 2. The van der Waals surface area contributed by atoms with Crippen LogP contribution in [0.25, 0.3) is 0 Å². The van der Waals surface area contributed by atoms with Gasteiger partial charge in [0.2, 0.25) is 0 Å². The number of aryl methyl sites for hydroxylation is 1. The molecule has 0 spiro atoms. The maximum Gasteiger partial charge on any atom is 0.269 e. The lowest BCUT2D eigenvalue weighted by atomic mass is 10.0. The van der Waals surface area contributed by atoms with E-state index in [2.05, 4.69) is 29.3 Å². The number of amidine groups is 1. The number of carbonyl (C=O) groups excluding carboxylic acids is 2. The van der Waals surface area contributed by atoms with Gasteiger partial charge in [0, 0.05) is 16.8 Å². The van der Waals surface area contributed by atoms with Crippen LogP contribution in [-0.2, 0) is 4.79 Å². The van der Waals surface area contributed by atoms with Crippen molar-refractivity contribution >= 4 is 23.3 Å². The highest BCUT2D eigenvalue weighted by Gasteiger charge is 2.23. The zero-order valence-corrected chi connectivity index (χ0v) is 21.1. The van der Waals surface area contributed by atoms with Gasteiger partial charge in [-0.15, -0.1) is 0 Å². The van der Waals surface area contributed by atoms with Crippen molar-refractivity contribution in [3.8, 4) is 11.5 Å². The average molecular weight is 514 g/mol. The van der Waals surface area contributed by atoms with Gasteiger partial charge in [0.15, 0.2) is 11.5 Å². The zero-order valence-electron chi connectivity index (χ0n) is 21.1. The summed E-state index contributed by atoms with van der Waals surface area (Å²) in [6, 6.07) is 18.0. The van der Waals surface area contributed by atoms with Gasteiger partial charge in [-0.3, -0.25) is 25.8 Å². The molecule has 2 amide bonds. The van der Waals surface area contributed by atoms with Crippen LogP contribution in [0.3, 0.4) is 0 Å². The monoisotopic (exact) mass is 513 g/mol. The van der Waals surface area contributed by atoms with Crippen molar-refractivity contribution in [3.63, 3.8) is 0 Å². The van der Waals surface area contributed by atoms with Crippen molar-refractivity contribution in [1.29, 1.82) is 5.41 Å². The largest absolute Gasteiger partial charge is 0.486 e. The number of rotatable bonds is 12. The molecule has 3 aromatic rings. The van der Waals surface area contributed by atoms with E-state index < -0.39 is 17.9 Å². The summed E-state index contributed by atoms with van der Waals surface area (Å²) in [7, 11) is 0. The van der Waals surface area contributed by atoms with Crippen LogP contribution < -0.4 is 31.4 Å². The predicted molar refractivity (Wildman–Crippen MR) is 148 cm³/mol. The third-order valence-corrected chi connectivity index (χ3v) is 5.47. The summed E-state index contributed by atoms with van der Waals surface area (Å²) in [5.41, 5.74) is 13.5. The first-order chi connectivity index (χ1) is 18.3. The first-order valence-corrected chi connectivity index (χ1v) is 11.8. The first-order valence-electron chi connectivity index (χ1n) is 11.8. The Morgan fingerprint density at radius 3 is 2.24 bits per heavy atom. The lowest BCUT2D eigenvalue weighted by Gasteiger charge is -2.22. The lowest BCUT2D eigenvalue weighted by Crippen LogP contribution is -2.45. The molecule has 3 rings (SSSR count). The fraction of sp³-hybridized carbons (Fsp3) is 0.138. The van der Waals surface area contributed by atoms with E-state index in [9.17, 15) is 9.59 Å². The normalized spacial score (nSPS) is 11.0. The van der Waals surface area contributed by atoms with E-state index >= 15 is 0 Å². The van der Waals surface area contributed by atoms with E-state index in [4.69, 9.17) is 20.6 Å². The Bertz CT molecular complexity index is 1320. The molecule has 1 unspecified atom stereocenters. The SMILES string of the molecule is C=CCOc1ccc(C(Nc2ccc(C(=N)N)cc2)C(=O)NNC(=O)c2ccccc2C)cc1OCC=C. The quantitative estimate of drug-likeness (QED) is 0.107. The fourth-order valence-electron chi connectivity index (χ4n) is 3.53. The third kappa shape index (κ3) is 7.23. The van der Waals surface area contributed by atoms with E-state index in [0.29, 0.717) is 33.9 Å². The highest BCUT2D eigenvalue weighted by atomic mass is 16.5. The second-order valence-electron chi connectivity index (χ2n) is 8.23. The second kappa shape index (κ2) is 13.3. The van der Waals surface area contributed by atoms with E-state index in [-0.39, 0.29) is 19.0 Å². The number of benzene rings is 3. The average Bonchev–Trinajstić information content (AvgIpc) is 2.93. The molecule has 0 aliphatic heterocycles. The molecule has 0 aliphatic rings. The molecule has 0 saturated carbocycles. The molecule has 0 bridgehead atoms. The molecule has 0 fully saturated rings. The van der Waals surface area contributed by atoms with E-state index in [1.54, 1.807) is 66.7 Å². The molecule has 9 heteroatoms. The van der Waals surface area contributed by atoms with Crippen LogP contribution in [0, 0.1) is 12.3 Å². The van der Waals surface area contributed by atoms with Gasteiger partial charge in [-0.1, -0.05) is 49.6 Å².